The van der Waals surface area contributed by atoms with Crippen molar-refractivity contribution in [1.29, 1.82) is 0 Å². The average molecular weight is 393 g/mol. The van der Waals surface area contributed by atoms with Gasteiger partial charge in [-0.25, -0.2) is 9.13 Å². The van der Waals surface area contributed by atoms with Gasteiger partial charge in [-0.3, -0.25) is 0 Å². The second-order valence-corrected chi connectivity index (χ2v) is 6.58. The van der Waals surface area contributed by atoms with Gasteiger partial charge in [0.05, 0.1) is 6.54 Å². The van der Waals surface area contributed by atoms with E-state index >= 15 is 0 Å². The van der Waals surface area contributed by atoms with Crippen molar-refractivity contribution in [3.8, 4) is 5.69 Å². The summed E-state index contributed by atoms with van der Waals surface area (Å²) >= 11 is 0. The quantitative estimate of drug-likeness (QED) is 0.387. The summed E-state index contributed by atoms with van der Waals surface area (Å²) in [7, 11) is 0. The molecule has 1 heterocycles. The van der Waals surface area contributed by atoms with Gasteiger partial charge in [0.2, 0.25) is 6.33 Å². The molecule has 3 heteroatoms. The molecule has 1 aromatic carbocycles. The van der Waals surface area contributed by atoms with Crippen molar-refractivity contribution >= 4 is 0 Å². The lowest BCUT2D eigenvalue weighted by atomic mass is 10.1. The SMILES string of the molecule is CCCCCCCCCCCC[n+]1ccn(-c2ccccc2)c1.[Br-]. The second kappa shape index (κ2) is 13.2. The summed E-state index contributed by atoms with van der Waals surface area (Å²) in [5.74, 6) is 0. The molecule has 2 nitrogen and oxygen atoms in total. The van der Waals surface area contributed by atoms with E-state index in [-0.39, 0.29) is 17.0 Å². The van der Waals surface area contributed by atoms with Crippen molar-refractivity contribution in [3.05, 3.63) is 49.1 Å². The fraction of sp³-hybridized carbons (Fsp3) is 0.571. The maximum atomic E-state index is 2.30. The molecule has 0 N–H and O–H groups in total. The molecule has 0 atom stereocenters. The van der Waals surface area contributed by atoms with Crippen LogP contribution >= 0.6 is 0 Å². The molecule has 0 saturated carbocycles. The Bertz CT molecular complexity index is 522. The van der Waals surface area contributed by atoms with Crippen molar-refractivity contribution in [2.45, 2.75) is 77.7 Å². The Labute approximate surface area is 158 Å². The van der Waals surface area contributed by atoms with E-state index in [9.17, 15) is 0 Å². The van der Waals surface area contributed by atoms with E-state index in [1.165, 1.54) is 69.9 Å². The first kappa shape index (κ1) is 21.0. The third-order valence-electron chi connectivity index (χ3n) is 4.52. The predicted octanol–water partition coefficient (Wildman–Crippen LogP) is 2.69. The zero-order valence-corrected chi connectivity index (χ0v) is 16.8. The summed E-state index contributed by atoms with van der Waals surface area (Å²) < 4.78 is 4.49. The number of benzene rings is 1. The minimum absolute atomic E-state index is 0. The van der Waals surface area contributed by atoms with Crippen LogP contribution in [0.5, 0.6) is 0 Å². The highest BCUT2D eigenvalue weighted by Crippen LogP contribution is 2.10. The number of aromatic nitrogens is 2. The third kappa shape index (κ3) is 8.14. The van der Waals surface area contributed by atoms with Crippen molar-refractivity contribution in [1.82, 2.24) is 4.57 Å². The van der Waals surface area contributed by atoms with Crippen molar-refractivity contribution in [2.75, 3.05) is 0 Å². The summed E-state index contributed by atoms with van der Waals surface area (Å²) in [5, 5.41) is 0. The lowest BCUT2D eigenvalue weighted by Crippen LogP contribution is -3.00. The zero-order valence-electron chi connectivity index (χ0n) is 15.2. The number of aryl methyl sites for hydroxylation is 1. The molecule has 0 bridgehead atoms. The van der Waals surface area contributed by atoms with E-state index in [4.69, 9.17) is 0 Å². The van der Waals surface area contributed by atoms with Gasteiger partial charge in [-0.2, -0.15) is 0 Å². The minimum Gasteiger partial charge on any atom is -1.00 e. The normalized spacial score (nSPS) is 10.5. The minimum atomic E-state index is 0. The highest BCUT2D eigenvalue weighted by Gasteiger charge is 2.05. The molecule has 0 aliphatic carbocycles. The standard InChI is InChI=1S/C21H33N2.BrH/c1-2-3-4-5-6-7-8-9-10-14-17-22-18-19-23(20-22)21-15-12-11-13-16-21;/h11-13,15-16,18-20H,2-10,14,17H2,1H3;1H/q+1;/p-1. The van der Waals surface area contributed by atoms with E-state index in [0.717, 1.165) is 6.54 Å². The Kier molecular flexibility index (Phi) is 11.5. The van der Waals surface area contributed by atoms with Crippen molar-refractivity contribution < 1.29 is 21.5 Å². The Balaban J connectivity index is 0.00000288. The molecule has 0 spiro atoms. The fourth-order valence-electron chi connectivity index (χ4n) is 3.06. The smallest absolute Gasteiger partial charge is 0.248 e. The first-order valence-electron chi connectivity index (χ1n) is 9.52. The first-order valence-corrected chi connectivity index (χ1v) is 9.52. The number of unbranched alkanes of at least 4 members (excludes halogenated alkanes) is 9. The van der Waals surface area contributed by atoms with Gasteiger partial charge >= 0.3 is 0 Å². The van der Waals surface area contributed by atoms with Gasteiger partial charge in [-0.15, -0.1) is 0 Å². The number of imidazole rings is 1. The summed E-state index contributed by atoms with van der Waals surface area (Å²) in [6.07, 6.45) is 20.5. The molecule has 0 aliphatic rings. The molecule has 0 fully saturated rings. The molecule has 0 radical (unpaired) electrons. The van der Waals surface area contributed by atoms with Crippen molar-refractivity contribution in [2.24, 2.45) is 0 Å². The number of nitrogens with zero attached hydrogens (tertiary/aromatic N) is 2. The Morgan fingerprint density at radius 2 is 1.38 bits per heavy atom. The maximum Gasteiger partial charge on any atom is 0.248 e. The van der Waals surface area contributed by atoms with Gasteiger partial charge in [-0.1, -0.05) is 76.5 Å². The van der Waals surface area contributed by atoms with Crippen LogP contribution in [-0.4, -0.2) is 4.57 Å². The molecule has 0 amide bonds. The van der Waals surface area contributed by atoms with Gasteiger partial charge in [0.15, 0.2) is 0 Å². The van der Waals surface area contributed by atoms with Gasteiger partial charge in [0, 0.05) is 0 Å². The first-order chi connectivity index (χ1) is 11.4. The Hall–Kier alpha value is -1.09. The Morgan fingerprint density at radius 3 is 2.00 bits per heavy atom. The molecule has 0 unspecified atom stereocenters. The van der Waals surface area contributed by atoms with Crippen molar-refractivity contribution in [3.63, 3.8) is 0 Å². The molecular formula is C21H33BrN2. The van der Waals surface area contributed by atoms with Crippen LogP contribution < -0.4 is 21.5 Å². The third-order valence-corrected chi connectivity index (χ3v) is 4.52. The maximum absolute atomic E-state index is 2.30. The average Bonchev–Trinajstić information content (AvgIpc) is 3.06. The molecule has 0 saturated heterocycles. The predicted molar refractivity (Wildman–Crippen MR) is 97.8 cm³/mol. The zero-order chi connectivity index (χ0) is 16.2. The van der Waals surface area contributed by atoms with Gasteiger partial charge in [0.25, 0.3) is 0 Å². The van der Waals surface area contributed by atoms with Crippen LogP contribution in [0.3, 0.4) is 0 Å². The lowest BCUT2D eigenvalue weighted by molar-refractivity contribution is -0.696. The molecule has 24 heavy (non-hydrogen) atoms. The van der Waals surface area contributed by atoms with Gasteiger partial charge in [0.1, 0.15) is 18.1 Å². The molecule has 2 aromatic rings. The second-order valence-electron chi connectivity index (χ2n) is 6.58. The van der Waals surface area contributed by atoms with Crippen LogP contribution in [0.15, 0.2) is 49.1 Å². The number of hydrogen-bond donors (Lipinski definition) is 0. The van der Waals surface area contributed by atoms with E-state index in [1.807, 2.05) is 0 Å². The highest BCUT2D eigenvalue weighted by atomic mass is 79.9. The van der Waals surface area contributed by atoms with E-state index in [2.05, 4.69) is 65.1 Å². The van der Waals surface area contributed by atoms with Gasteiger partial charge in [-0.05, 0) is 25.0 Å². The molecule has 1 aromatic heterocycles. The van der Waals surface area contributed by atoms with Gasteiger partial charge < -0.3 is 17.0 Å². The van der Waals surface area contributed by atoms with Crippen LogP contribution in [0.4, 0.5) is 0 Å². The van der Waals surface area contributed by atoms with Crippen LogP contribution in [0.1, 0.15) is 71.1 Å². The van der Waals surface area contributed by atoms with E-state index in [0.29, 0.717) is 0 Å². The monoisotopic (exact) mass is 392 g/mol. The van der Waals surface area contributed by atoms with Crippen LogP contribution in [0.25, 0.3) is 5.69 Å². The highest BCUT2D eigenvalue weighted by molar-refractivity contribution is 5.30. The molecule has 0 aliphatic heterocycles. The molecule has 134 valence electrons. The summed E-state index contributed by atoms with van der Waals surface area (Å²) in [6, 6.07) is 10.5. The number of hydrogen-bond acceptors (Lipinski definition) is 0. The van der Waals surface area contributed by atoms with E-state index < -0.39 is 0 Å². The van der Waals surface area contributed by atoms with Crippen LogP contribution in [-0.2, 0) is 6.54 Å². The number of para-hydroxylation sites is 1. The number of halogens is 1. The topological polar surface area (TPSA) is 8.81 Å². The number of rotatable bonds is 12. The molecular weight excluding hydrogens is 360 g/mol. The summed E-state index contributed by atoms with van der Waals surface area (Å²) in [6.45, 7) is 3.42. The Morgan fingerprint density at radius 1 is 0.792 bits per heavy atom. The summed E-state index contributed by atoms with van der Waals surface area (Å²) in [5.41, 5.74) is 1.23. The summed E-state index contributed by atoms with van der Waals surface area (Å²) in [4.78, 5) is 0. The fourth-order valence-corrected chi connectivity index (χ4v) is 3.06. The lowest BCUT2D eigenvalue weighted by Gasteiger charge is -2.01. The molecule has 2 rings (SSSR count). The van der Waals surface area contributed by atoms with Crippen LogP contribution in [0.2, 0.25) is 0 Å². The van der Waals surface area contributed by atoms with Crippen LogP contribution in [0, 0.1) is 0 Å². The van der Waals surface area contributed by atoms with E-state index in [1.54, 1.807) is 0 Å². The largest absolute Gasteiger partial charge is 1.00 e.